The molecule has 0 radical (unpaired) electrons. The molecule has 1 N–H and O–H groups in total. The quantitative estimate of drug-likeness (QED) is 0.721. The van der Waals surface area contributed by atoms with Gasteiger partial charge < -0.3 is 14.8 Å². The van der Waals surface area contributed by atoms with Crippen molar-refractivity contribution >= 4 is 17.6 Å². The van der Waals surface area contributed by atoms with E-state index < -0.39 is 12.1 Å². The van der Waals surface area contributed by atoms with Crippen molar-refractivity contribution in [2.75, 3.05) is 5.32 Å². The van der Waals surface area contributed by atoms with Gasteiger partial charge in [0.15, 0.2) is 6.10 Å². The summed E-state index contributed by atoms with van der Waals surface area (Å²) < 4.78 is 10.9. The molecule has 5 heteroatoms. The molecule has 0 aromatic heterocycles. The number of benzene rings is 2. The van der Waals surface area contributed by atoms with Gasteiger partial charge in [-0.3, -0.25) is 4.79 Å². The van der Waals surface area contributed by atoms with Gasteiger partial charge in [0.25, 0.3) is 5.91 Å². The van der Waals surface area contributed by atoms with Crippen LogP contribution in [-0.2, 0) is 9.53 Å². The molecule has 0 fully saturated rings. The van der Waals surface area contributed by atoms with Crippen molar-refractivity contribution in [2.24, 2.45) is 0 Å². The number of carbonyl (C=O) groups excluding carboxylic acids is 2. The first-order valence-electron chi connectivity index (χ1n) is 9.16. The molecule has 2 atom stereocenters. The zero-order valence-electron chi connectivity index (χ0n) is 16.5. The number of esters is 1. The van der Waals surface area contributed by atoms with E-state index in [2.05, 4.69) is 5.32 Å². The van der Waals surface area contributed by atoms with E-state index in [1.807, 2.05) is 45.9 Å². The van der Waals surface area contributed by atoms with E-state index >= 15 is 0 Å². The zero-order chi connectivity index (χ0) is 20.0. The number of ether oxygens (including phenoxy) is 2. The lowest BCUT2D eigenvalue weighted by molar-refractivity contribution is -0.155. The first-order chi connectivity index (χ1) is 12.8. The molecule has 0 aliphatic rings. The number of amides is 1. The molecule has 0 saturated carbocycles. The molecule has 0 aliphatic carbocycles. The molecule has 0 spiro atoms. The lowest BCUT2D eigenvalue weighted by atomic mass is 10.1. The maximum Gasteiger partial charge on any atom is 0.347 e. The number of rotatable bonds is 7. The van der Waals surface area contributed by atoms with Crippen LogP contribution in [0.2, 0.25) is 0 Å². The fourth-order valence-electron chi connectivity index (χ4n) is 2.46. The maximum absolute atomic E-state index is 12.4. The fourth-order valence-corrected chi connectivity index (χ4v) is 2.46. The molecule has 0 saturated heterocycles. The van der Waals surface area contributed by atoms with Gasteiger partial charge in [-0.2, -0.15) is 0 Å². The molecule has 0 aliphatic heterocycles. The summed E-state index contributed by atoms with van der Waals surface area (Å²) in [7, 11) is 0. The Labute approximate surface area is 160 Å². The first-order valence-corrected chi connectivity index (χ1v) is 9.16. The van der Waals surface area contributed by atoms with Crippen molar-refractivity contribution in [1.82, 2.24) is 0 Å². The highest BCUT2D eigenvalue weighted by Crippen LogP contribution is 2.19. The third-order valence-corrected chi connectivity index (χ3v) is 4.28. The van der Waals surface area contributed by atoms with Crippen LogP contribution in [0.25, 0.3) is 0 Å². The Kier molecular flexibility index (Phi) is 6.99. The van der Waals surface area contributed by atoms with Gasteiger partial charge in [0.2, 0.25) is 0 Å². The first kappa shape index (κ1) is 20.5. The van der Waals surface area contributed by atoms with Crippen LogP contribution in [0.3, 0.4) is 0 Å². The molecule has 0 bridgehead atoms. The maximum atomic E-state index is 12.4. The highest BCUT2D eigenvalue weighted by Gasteiger charge is 2.18. The number of nitrogens with one attached hydrogen (secondary N) is 1. The van der Waals surface area contributed by atoms with Gasteiger partial charge >= 0.3 is 5.97 Å². The average Bonchev–Trinajstić information content (AvgIpc) is 2.64. The molecule has 2 unspecified atom stereocenters. The molecular weight excluding hydrogens is 342 g/mol. The molecule has 2 aromatic carbocycles. The topological polar surface area (TPSA) is 64.6 Å². The van der Waals surface area contributed by atoms with Crippen LogP contribution in [0.15, 0.2) is 42.5 Å². The molecule has 0 heterocycles. The predicted molar refractivity (Wildman–Crippen MR) is 106 cm³/mol. The summed E-state index contributed by atoms with van der Waals surface area (Å²) in [5, 5.41) is 2.91. The average molecular weight is 369 g/mol. The van der Waals surface area contributed by atoms with Gasteiger partial charge in [-0.05, 0) is 70.0 Å². The van der Waals surface area contributed by atoms with E-state index in [9.17, 15) is 9.59 Å². The van der Waals surface area contributed by atoms with Crippen molar-refractivity contribution in [1.29, 1.82) is 0 Å². The standard InChI is InChI=1S/C22H27NO4/c1-6-16(4)26-22(25)17(5)27-19-10-8-18(9-11-19)21(24)23-20-12-7-14(2)13-15(20)3/h7-13,16-17H,6H2,1-5H3,(H,23,24). The minimum atomic E-state index is -0.714. The Balaban J connectivity index is 1.97. The van der Waals surface area contributed by atoms with Crippen LogP contribution in [0, 0.1) is 13.8 Å². The molecule has 1 amide bonds. The monoisotopic (exact) mass is 369 g/mol. The Morgan fingerprint density at radius 3 is 2.30 bits per heavy atom. The highest BCUT2D eigenvalue weighted by atomic mass is 16.6. The molecular formula is C22H27NO4. The Morgan fingerprint density at radius 2 is 1.70 bits per heavy atom. The van der Waals surface area contributed by atoms with Crippen molar-refractivity contribution in [3.8, 4) is 5.75 Å². The largest absolute Gasteiger partial charge is 0.479 e. The summed E-state index contributed by atoms with van der Waals surface area (Å²) in [4.78, 5) is 24.4. The van der Waals surface area contributed by atoms with Crippen LogP contribution >= 0.6 is 0 Å². The normalized spacial score (nSPS) is 12.8. The second-order valence-corrected chi connectivity index (χ2v) is 6.71. The summed E-state index contributed by atoms with van der Waals surface area (Å²) in [6.07, 6.45) is -0.100. The summed E-state index contributed by atoms with van der Waals surface area (Å²) in [6.45, 7) is 9.40. The number of hydrogen-bond acceptors (Lipinski definition) is 4. The van der Waals surface area contributed by atoms with Crippen LogP contribution in [-0.4, -0.2) is 24.1 Å². The van der Waals surface area contributed by atoms with Crippen molar-refractivity contribution in [2.45, 2.75) is 53.2 Å². The number of aryl methyl sites for hydroxylation is 2. The molecule has 144 valence electrons. The van der Waals surface area contributed by atoms with Gasteiger partial charge in [0.05, 0.1) is 6.10 Å². The zero-order valence-corrected chi connectivity index (χ0v) is 16.5. The predicted octanol–water partition coefficient (Wildman–Crippen LogP) is 4.66. The van der Waals surface area contributed by atoms with Gasteiger partial charge in [0.1, 0.15) is 5.75 Å². The number of hydrogen-bond donors (Lipinski definition) is 1. The SMILES string of the molecule is CCC(C)OC(=O)C(C)Oc1ccc(C(=O)Nc2ccc(C)cc2C)cc1. The summed E-state index contributed by atoms with van der Waals surface area (Å²) >= 11 is 0. The lowest BCUT2D eigenvalue weighted by Gasteiger charge is -2.17. The van der Waals surface area contributed by atoms with E-state index in [1.54, 1.807) is 31.2 Å². The van der Waals surface area contributed by atoms with E-state index in [4.69, 9.17) is 9.47 Å². The molecule has 2 aromatic rings. The van der Waals surface area contributed by atoms with Crippen molar-refractivity contribution < 1.29 is 19.1 Å². The Bertz CT molecular complexity index is 798. The van der Waals surface area contributed by atoms with Gasteiger partial charge in [-0.25, -0.2) is 4.79 Å². The Hall–Kier alpha value is -2.82. The van der Waals surface area contributed by atoms with Gasteiger partial charge in [-0.15, -0.1) is 0 Å². The van der Waals surface area contributed by atoms with Crippen LogP contribution < -0.4 is 10.1 Å². The Morgan fingerprint density at radius 1 is 1.04 bits per heavy atom. The minimum Gasteiger partial charge on any atom is -0.479 e. The lowest BCUT2D eigenvalue weighted by Crippen LogP contribution is -2.29. The summed E-state index contributed by atoms with van der Waals surface area (Å²) in [6, 6.07) is 12.5. The minimum absolute atomic E-state index is 0.139. The molecule has 27 heavy (non-hydrogen) atoms. The molecule has 5 nitrogen and oxygen atoms in total. The second-order valence-electron chi connectivity index (χ2n) is 6.71. The van der Waals surface area contributed by atoms with Crippen LogP contribution in [0.5, 0.6) is 5.75 Å². The van der Waals surface area contributed by atoms with Crippen LogP contribution in [0.1, 0.15) is 48.7 Å². The smallest absolute Gasteiger partial charge is 0.347 e. The van der Waals surface area contributed by atoms with Crippen LogP contribution in [0.4, 0.5) is 5.69 Å². The summed E-state index contributed by atoms with van der Waals surface area (Å²) in [5.41, 5.74) is 3.45. The highest BCUT2D eigenvalue weighted by molar-refractivity contribution is 6.04. The number of anilines is 1. The van der Waals surface area contributed by atoms with Crippen molar-refractivity contribution in [3.05, 3.63) is 59.2 Å². The molecule has 2 rings (SSSR count). The van der Waals surface area contributed by atoms with E-state index in [0.29, 0.717) is 11.3 Å². The third kappa shape index (κ3) is 5.84. The van der Waals surface area contributed by atoms with E-state index in [1.165, 1.54) is 0 Å². The van der Waals surface area contributed by atoms with Gasteiger partial charge in [0, 0.05) is 11.3 Å². The second kappa shape index (κ2) is 9.21. The number of carbonyl (C=O) groups is 2. The fraction of sp³-hybridized carbons (Fsp3) is 0.364. The van der Waals surface area contributed by atoms with Gasteiger partial charge in [-0.1, -0.05) is 24.6 Å². The van der Waals surface area contributed by atoms with Crippen molar-refractivity contribution in [3.63, 3.8) is 0 Å². The summed E-state index contributed by atoms with van der Waals surface area (Å²) in [5.74, 6) is -0.0922. The third-order valence-electron chi connectivity index (χ3n) is 4.28. The van der Waals surface area contributed by atoms with E-state index in [-0.39, 0.29) is 12.0 Å². The van der Waals surface area contributed by atoms with E-state index in [0.717, 1.165) is 23.2 Å².